The van der Waals surface area contributed by atoms with E-state index >= 15 is 0 Å². The number of rotatable bonds is 3. The van der Waals surface area contributed by atoms with E-state index in [-0.39, 0.29) is 5.91 Å². The fourth-order valence-corrected chi connectivity index (χ4v) is 2.54. The van der Waals surface area contributed by atoms with E-state index in [4.69, 9.17) is 0 Å². The van der Waals surface area contributed by atoms with E-state index in [1.165, 1.54) is 11.8 Å². The summed E-state index contributed by atoms with van der Waals surface area (Å²) in [6, 6.07) is 11.4. The largest absolute Gasteiger partial charge is 0.355 e. The van der Waals surface area contributed by atoms with Crippen LogP contribution in [0.1, 0.15) is 10.4 Å². The van der Waals surface area contributed by atoms with Crippen molar-refractivity contribution in [1.82, 2.24) is 10.3 Å². The summed E-state index contributed by atoms with van der Waals surface area (Å²) in [7, 11) is 1.61. The van der Waals surface area contributed by atoms with E-state index in [0.717, 1.165) is 9.37 Å². The molecule has 0 aliphatic carbocycles. The standard InChI is InChI=1S/C13H11BrN2OS/c1-15-12(17)11-3-2-8-16-13(11)18-10-6-4-9(14)5-7-10/h2-8H,1H3,(H,15,17). The molecule has 0 bridgehead atoms. The molecule has 2 rings (SSSR count). The zero-order valence-electron chi connectivity index (χ0n) is 9.68. The van der Waals surface area contributed by atoms with Crippen molar-refractivity contribution in [2.24, 2.45) is 0 Å². The Balaban J connectivity index is 2.28. The first-order valence-corrected chi connectivity index (χ1v) is 6.92. The van der Waals surface area contributed by atoms with Gasteiger partial charge in [-0.1, -0.05) is 27.7 Å². The highest BCUT2D eigenvalue weighted by molar-refractivity contribution is 9.10. The van der Waals surface area contributed by atoms with Gasteiger partial charge >= 0.3 is 0 Å². The summed E-state index contributed by atoms with van der Waals surface area (Å²) >= 11 is 4.86. The lowest BCUT2D eigenvalue weighted by Crippen LogP contribution is -2.18. The van der Waals surface area contributed by atoms with E-state index in [0.29, 0.717) is 10.6 Å². The fraction of sp³-hybridized carbons (Fsp3) is 0.0769. The third-order valence-corrected chi connectivity index (χ3v) is 3.83. The Morgan fingerprint density at radius 1 is 1.28 bits per heavy atom. The Labute approximate surface area is 118 Å². The van der Waals surface area contributed by atoms with Crippen LogP contribution in [-0.4, -0.2) is 17.9 Å². The van der Waals surface area contributed by atoms with Crippen molar-refractivity contribution in [3.63, 3.8) is 0 Å². The molecule has 1 aromatic carbocycles. The Kier molecular flexibility index (Phi) is 4.38. The number of pyridine rings is 1. The highest BCUT2D eigenvalue weighted by Gasteiger charge is 2.11. The molecule has 1 amide bonds. The molecule has 0 atom stereocenters. The van der Waals surface area contributed by atoms with Gasteiger partial charge < -0.3 is 5.32 Å². The van der Waals surface area contributed by atoms with E-state index < -0.39 is 0 Å². The van der Waals surface area contributed by atoms with E-state index in [1.54, 1.807) is 25.4 Å². The number of amides is 1. The van der Waals surface area contributed by atoms with Gasteiger partial charge in [-0.3, -0.25) is 4.79 Å². The van der Waals surface area contributed by atoms with Crippen molar-refractivity contribution in [2.45, 2.75) is 9.92 Å². The van der Waals surface area contributed by atoms with Crippen LogP contribution >= 0.6 is 27.7 Å². The van der Waals surface area contributed by atoms with Crippen LogP contribution in [0.3, 0.4) is 0 Å². The first-order valence-electron chi connectivity index (χ1n) is 5.31. The van der Waals surface area contributed by atoms with Crippen LogP contribution in [0.4, 0.5) is 0 Å². The third kappa shape index (κ3) is 3.11. The average Bonchev–Trinajstić information content (AvgIpc) is 2.41. The minimum absolute atomic E-state index is 0.122. The highest BCUT2D eigenvalue weighted by Crippen LogP contribution is 2.29. The number of nitrogens with zero attached hydrogens (tertiary/aromatic N) is 1. The lowest BCUT2D eigenvalue weighted by atomic mass is 10.3. The van der Waals surface area contributed by atoms with Gasteiger partial charge in [0.05, 0.1) is 5.56 Å². The van der Waals surface area contributed by atoms with Gasteiger partial charge in [-0.25, -0.2) is 4.98 Å². The van der Waals surface area contributed by atoms with Crippen LogP contribution in [0.5, 0.6) is 0 Å². The van der Waals surface area contributed by atoms with Crippen molar-refractivity contribution >= 4 is 33.6 Å². The minimum Gasteiger partial charge on any atom is -0.355 e. The molecule has 1 aromatic heterocycles. The van der Waals surface area contributed by atoms with Crippen molar-refractivity contribution in [1.29, 1.82) is 0 Å². The minimum atomic E-state index is -0.122. The molecule has 0 fully saturated rings. The predicted molar refractivity (Wildman–Crippen MR) is 75.9 cm³/mol. The maximum Gasteiger partial charge on any atom is 0.253 e. The van der Waals surface area contributed by atoms with Gasteiger partial charge in [0.1, 0.15) is 5.03 Å². The SMILES string of the molecule is CNC(=O)c1cccnc1Sc1ccc(Br)cc1. The Morgan fingerprint density at radius 3 is 2.67 bits per heavy atom. The maximum absolute atomic E-state index is 11.7. The van der Waals surface area contributed by atoms with Crippen LogP contribution < -0.4 is 5.32 Å². The summed E-state index contributed by atoms with van der Waals surface area (Å²) < 4.78 is 1.03. The van der Waals surface area contributed by atoms with Crippen molar-refractivity contribution in [3.8, 4) is 0 Å². The number of carbonyl (C=O) groups excluding carboxylic acids is 1. The third-order valence-electron chi connectivity index (χ3n) is 2.27. The molecule has 0 unspecified atom stereocenters. The van der Waals surface area contributed by atoms with Crippen LogP contribution in [0.15, 0.2) is 57.0 Å². The summed E-state index contributed by atoms with van der Waals surface area (Å²) in [6.45, 7) is 0. The Hall–Kier alpha value is -1.33. The molecule has 0 aliphatic heterocycles. The first-order chi connectivity index (χ1) is 8.70. The second kappa shape index (κ2) is 6.02. The predicted octanol–water partition coefficient (Wildman–Crippen LogP) is 3.35. The van der Waals surface area contributed by atoms with Gasteiger partial charge in [0, 0.05) is 22.6 Å². The zero-order valence-corrected chi connectivity index (χ0v) is 12.1. The molecule has 0 aliphatic rings. The highest BCUT2D eigenvalue weighted by atomic mass is 79.9. The summed E-state index contributed by atoms with van der Waals surface area (Å²) in [6.07, 6.45) is 1.69. The molecule has 1 heterocycles. The van der Waals surface area contributed by atoms with Crippen molar-refractivity contribution in [3.05, 3.63) is 52.6 Å². The van der Waals surface area contributed by atoms with Crippen LogP contribution in [-0.2, 0) is 0 Å². The molecule has 18 heavy (non-hydrogen) atoms. The molecule has 1 N–H and O–H groups in total. The van der Waals surface area contributed by atoms with Crippen molar-refractivity contribution in [2.75, 3.05) is 7.05 Å². The number of carbonyl (C=O) groups is 1. The maximum atomic E-state index is 11.7. The average molecular weight is 323 g/mol. The topological polar surface area (TPSA) is 42.0 Å². The molecule has 0 radical (unpaired) electrons. The van der Waals surface area contributed by atoms with E-state index in [2.05, 4.69) is 26.2 Å². The molecule has 0 saturated heterocycles. The Morgan fingerprint density at radius 2 is 2.00 bits per heavy atom. The Bertz CT molecular complexity index is 557. The van der Waals surface area contributed by atoms with E-state index in [9.17, 15) is 4.79 Å². The monoisotopic (exact) mass is 322 g/mol. The number of hydrogen-bond acceptors (Lipinski definition) is 3. The lowest BCUT2D eigenvalue weighted by Gasteiger charge is -2.06. The van der Waals surface area contributed by atoms with Gasteiger partial charge in [-0.2, -0.15) is 0 Å². The van der Waals surface area contributed by atoms with Gasteiger partial charge in [-0.15, -0.1) is 0 Å². The van der Waals surface area contributed by atoms with Crippen LogP contribution in [0, 0.1) is 0 Å². The fourth-order valence-electron chi connectivity index (χ4n) is 1.39. The summed E-state index contributed by atoms with van der Waals surface area (Å²) in [5.74, 6) is -0.122. The number of benzene rings is 1. The molecular formula is C13H11BrN2OS. The number of aromatic nitrogens is 1. The second-order valence-electron chi connectivity index (χ2n) is 3.49. The molecule has 0 saturated carbocycles. The molecule has 92 valence electrons. The molecule has 5 heteroatoms. The number of hydrogen-bond donors (Lipinski definition) is 1. The normalized spacial score (nSPS) is 10.1. The van der Waals surface area contributed by atoms with Crippen LogP contribution in [0.2, 0.25) is 0 Å². The second-order valence-corrected chi connectivity index (χ2v) is 5.47. The molecule has 0 spiro atoms. The molecular weight excluding hydrogens is 312 g/mol. The molecule has 3 nitrogen and oxygen atoms in total. The smallest absolute Gasteiger partial charge is 0.253 e. The number of halogens is 1. The van der Waals surface area contributed by atoms with Crippen molar-refractivity contribution < 1.29 is 4.79 Å². The summed E-state index contributed by atoms with van der Waals surface area (Å²) in [5, 5.41) is 3.32. The first kappa shape index (κ1) is 13.1. The van der Waals surface area contributed by atoms with E-state index in [1.807, 2.05) is 24.3 Å². The van der Waals surface area contributed by atoms with Gasteiger partial charge in [0.15, 0.2) is 0 Å². The molecule has 2 aromatic rings. The van der Waals surface area contributed by atoms with Crippen LogP contribution in [0.25, 0.3) is 0 Å². The van der Waals surface area contributed by atoms with Gasteiger partial charge in [0.25, 0.3) is 5.91 Å². The quantitative estimate of drug-likeness (QED) is 0.942. The number of nitrogens with one attached hydrogen (secondary N) is 1. The zero-order chi connectivity index (χ0) is 13.0. The summed E-state index contributed by atoms with van der Waals surface area (Å²) in [5.41, 5.74) is 0.591. The lowest BCUT2D eigenvalue weighted by molar-refractivity contribution is 0.0959. The van der Waals surface area contributed by atoms with Gasteiger partial charge in [-0.05, 0) is 36.4 Å². The van der Waals surface area contributed by atoms with Gasteiger partial charge in [0.2, 0.25) is 0 Å². The summed E-state index contributed by atoms with van der Waals surface area (Å²) in [4.78, 5) is 17.0.